The molecular formula is C51H95NO5. The van der Waals surface area contributed by atoms with Gasteiger partial charge in [0.25, 0.3) is 0 Å². The number of ether oxygens (including phenoxy) is 1. The molecule has 0 spiro atoms. The average molecular weight is 802 g/mol. The number of carbonyl (C=O) groups excluding carboxylic acids is 2. The van der Waals surface area contributed by atoms with Gasteiger partial charge in [-0.15, -0.1) is 0 Å². The van der Waals surface area contributed by atoms with Crippen LogP contribution in [0.2, 0.25) is 0 Å². The van der Waals surface area contributed by atoms with Crippen molar-refractivity contribution >= 4 is 11.9 Å². The molecule has 57 heavy (non-hydrogen) atoms. The van der Waals surface area contributed by atoms with Crippen LogP contribution in [0.5, 0.6) is 0 Å². The van der Waals surface area contributed by atoms with E-state index in [1.807, 2.05) is 6.08 Å². The van der Waals surface area contributed by atoms with Gasteiger partial charge in [-0.05, 0) is 77.0 Å². The van der Waals surface area contributed by atoms with E-state index in [9.17, 15) is 19.8 Å². The SMILES string of the molecule is CCCC/C=C\CCCCCCCC(=O)OCCCCCC/C=C\CCCCCCCCCC(=O)NC(CO)C(O)/C=C/CCCCCCCCCCCCCC. The Hall–Kier alpha value is -1.92. The van der Waals surface area contributed by atoms with Gasteiger partial charge in [0.15, 0.2) is 0 Å². The first-order chi connectivity index (χ1) is 28.0. The molecule has 0 saturated carbocycles. The summed E-state index contributed by atoms with van der Waals surface area (Å²) in [6, 6.07) is -0.639. The number of aliphatic hydroxyl groups is 2. The fraction of sp³-hybridized carbons (Fsp3) is 0.843. The number of nitrogens with one attached hydrogen (secondary N) is 1. The third-order valence-electron chi connectivity index (χ3n) is 11.1. The van der Waals surface area contributed by atoms with Gasteiger partial charge in [-0.1, -0.05) is 198 Å². The molecule has 0 aliphatic carbocycles. The molecule has 0 saturated heterocycles. The number of hydrogen-bond acceptors (Lipinski definition) is 5. The third-order valence-corrected chi connectivity index (χ3v) is 11.1. The minimum absolute atomic E-state index is 0.0231. The van der Waals surface area contributed by atoms with Crippen LogP contribution in [0.4, 0.5) is 0 Å². The van der Waals surface area contributed by atoms with E-state index in [1.165, 1.54) is 154 Å². The summed E-state index contributed by atoms with van der Waals surface area (Å²) in [5.41, 5.74) is 0. The van der Waals surface area contributed by atoms with Gasteiger partial charge >= 0.3 is 5.97 Å². The van der Waals surface area contributed by atoms with Gasteiger partial charge in [-0.2, -0.15) is 0 Å². The molecule has 2 unspecified atom stereocenters. The Bertz CT molecular complexity index is 931. The Balaban J connectivity index is 3.53. The summed E-state index contributed by atoms with van der Waals surface area (Å²) in [4.78, 5) is 24.4. The predicted molar refractivity (Wildman–Crippen MR) is 246 cm³/mol. The summed E-state index contributed by atoms with van der Waals surface area (Å²) in [7, 11) is 0. The molecule has 0 aromatic carbocycles. The summed E-state index contributed by atoms with van der Waals surface area (Å²) in [6.45, 7) is 4.81. The van der Waals surface area contributed by atoms with Crippen molar-refractivity contribution in [1.82, 2.24) is 5.32 Å². The second kappa shape index (κ2) is 46.8. The lowest BCUT2D eigenvalue weighted by atomic mass is 10.0. The van der Waals surface area contributed by atoms with Crippen LogP contribution in [0.25, 0.3) is 0 Å². The highest BCUT2D eigenvalue weighted by Gasteiger charge is 2.18. The van der Waals surface area contributed by atoms with E-state index in [2.05, 4.69) is 43.5 Å². The van der Waals surface area contributed by atoms with Crippen molar-refractivity contribution in [3.63, 3.8) is 0 Å². The van der Waals surface area contributed by atoms with Crippen LogP contribution in [0.1, 0.15) is 251 Å². The summed E-state index contributed by atoms with van der Waals surface area (Å²) in [6.07, 6.45) is 55.6. The van der Waals surface area contributed by atoms with Crippen molar-refractivity contribution < 1.29 is 24.5 Å². The zero-order chi connectivity index (χ0) is 41.5. The first-order valence-electron chi connectivity index (χ1n) is 24.8. The standard InChI is InChI=1S/C51H95NO5/c1-3-5-7-9-11-13-15-16-20-24-27-31-35-39-43-49(54)48(47-53)52-50(55)44-40-36-32-28-25-21-18-17-19-22-26-30-34-38-42-46-57-51(56)45-41-37-33-29-23-14-12-10-8-6-4-2/h10,12,19,22,39,43,48-49,53-54H,3-9,11,13-18,20-21,23-38,40-42,44-47H2,1-2H3,(H,52,55)/b12-10-,22-19-,43-39+. The monoisotopic (exact) mass is 802 g/mol. The maximum atomic E-state index is 12.4. The molecule has 0 aromatic heterocycles. The highest BCUT2D eigenvalue weighted by molar-refractivity contribution is 5.76. The van der Waals surface area contributed by atoms with Crippen LogP contribution < -0.4 is 5.32 Å². The fourth-order valence-corrected chi connectivity index (χ4v) is 7.25. The Kier molecular flexibility index (Phi) is 45.2. The van der Waals surface area contributed by atoms with Gasteiger partial charge < -0.3 is 20.3 Å². The number of allylic oxidation sites excluding steroid dienone is 5. The van der Waals surface area contributed by atoms with Crippen LogP contribution in [-0.4, -0.2) is 47.4 Å². The van der Waals surface area contributed by atoms with E-state index < -0.39 is 12.1 Å². The van der Waals surface area contributed by atoms with Crippen molar-refractivity contribution in [2.24, 2.45) is 0 Å². The van der Waals surface area contributed by atoms with Gasteiger partial charge in [0.2, 0.25) is 5.91 Å². The van der Waals surface area contributed by atoms with Crippen molar-refractivity contribution in [3.8, 4) is 0 Å². The lowest BCUT2D eigenvalue weighted by Gasteiger charge is -2.20. The maximum Gasteiger partial charge on any atom is 0.305 e. The summed E-state index contributed by atoms with van der Waals surface area (Å²) < 4.78 is 5.42. The number of rotatable bonds is 45. The zero-order valence-electron chi connectivity index (χ0n) is 37.8. The van der Waals surface area contributed by atoms with Crippen molar-refractivity contribution in [1.29, 1.82) is 0 Å². The van der Waals surface area contributed by atoms with E-state index in [-0.39, 0.29) is 18.5 Å². The van der Waals surface area contributed by atoms with Gasteiger partial charge in [-0.3, -0.25) is 9.59 Å². The number of hydrogen-bond donors (Lipinski definition) is 3. The van der Waals surface area contributed by atoms with E-state index in [0.717, 1.165) is 70.6 Å². The van der Waals surface area contributed by atoms with Crippen LogP contribution >= 0.6 is 0 Å². The summed E-state index contributed by atoms with van der Waals surface area (Å²) >= 11 is 0. The van der Waals surface area contributed by atoms with E-state index in [1.54, 1.807) is 6.08 Å². The normalized spacial score (nSPS) is 13.0. The van der Waals surface area contributed by atoms with Gasteiger partial charge in [0, 0.05) is 12.8 Å². The average Bonchev–Trinajstić information content (AvgIpc) is 3.21. The molecule has 1 amide bonds. The molecule has 334 valence electrons. The van der Waals surface area contributed by atoms with Gasteiger partial charge in [-0.25, -0.2) is 0 Å². The smallest absolute Gasteiger partial charge is 0.305 e. The van der Waals surface area contributed by atoms with E-state index >= 15 is 0 Å². The third kappa shape index (κ3) is 43.5. The lowest BCUT2D eigenvalue weighted by molar-refractivity contribution is -0.143. The Labute approximate surface area is 353 Å². The number of carbonyl (C=O) groups is 2. The van der Waals surface area contributed by atoms with Gasteiger partial charge in [0.1, 0.15) is 0 Å². The minimum Gasteiger partial charge on any atom is -0.466 e. The summed E-state index contributed by atoms with van der Waals surface area (Å²) in [5.74, 6) is -0.108. The molecule has 0 radical (unpaired) electrons. The van der Waals surface area contributed by atoms with E-state index in [0.29, 0.717) is 19.4 Å². The molecule has 0 aliphatic heterocycles. The highest BCUT2D eigenvalue weighted by Crippen LogP contribution is 2.14. The zero-order valence-corrected chi connectivity index (χ0v) is 37.8. The Morgan fingerprint density at radius 3 is 1.30 bits per heavy atom. The first-order valence-corrected chi connectivity index (χ1v) is 24.8. The van der Waals surface area contributed by atoms with Crippen molar-refractivity contribution in [3.05, 3.63) is 36.5 Å². The molecule has 0 bridgehead atoms. The molecule has 6 nitrogen and oxygen atoms in total. The van der Waals surface area contributed by atoms with Crippen LogP contribution in [0.15, 0.2) is 36.5 Å². The van der Waals surface area contributed by atoms with E-state index in [4.69, 9.17) is 4.74 Å². The number of esters is 1. The molecule has 0 heterocycles. The molecule has 3 N–H and O–H groups in total. The molecular weight excluding hydrogens is 707 g/mol. The Morgan fingerprint density at radius 1 is 0.474 bits per heavy atom. The molecule has 2 atom stereocenters. The second-order valence-electron chi connectivity index (χ2n) is 16.8. The quantitative estimate of drug-likeness (QED) is 0.0324. The van der Waals surface area contributed by atoms with Crippen LogP contribution in [-0.2, 0) is 14.3 Å². The molecule has 0 fully saturated rings. The van der Waals surface area contributed by atoms with Crippen LogP contribution in [0, 0.1) is 0 Å². The lowest BCUT2D eigenvalue weighted by Crippen LogP contribution is -2.45. The van der Waals surface area contributed by atoms with Crippen LogP contribution in [0.3, 0.4) is 0 Å². The number of unbranched alkanes of at least 4 members (excludes halogenated alkanes) is 30. The fourth-order valence-electron chi connectivity index (χ4n) is 7.25. The maximum absolute atomic E-state index is 12.4. The topological polar surface area (TPSA) is 95.9 Å². The Morgan fingerprint density at radius 2 is 0.842 bits per heavy atom. The second-order valence-corrected chi connectivity index (χ2v) is 16.8. The largest absolute Gasteiger partial charge is 0.466 e. The molecule has 0 rings (SSSR count). The number of amides is 1. The summed E-state index contributed by atoms with van der Waals surface area (Å²) in [5, 5.41) is 23.0. The molecule has 0 aromatic rings. The minimum atomic E-state index is -0.854. The van der Waals surface area contributed by atoms with Crippen molar-refractivity contribution in [2.75, 3.05) is 13.2 Å². The predicted octanol–water partition coefficient (Wildman–Crippen LogP) is 14.5. The number of aliphatic hydroxyl groups excluding tert-OH is 2. The molecule has 6 heteroatoms. The van der Waals surface area contributed by atoms with Crippen molar-refractivity contribution in [2.45, 2.75) is 264 Å². The van der Waals surface area contributed by atoms with Gasteiger partial charge in [0.05, 0.1) is 25.4 Å². The molecule has 0 aliphatic rings. The first kappa shape index (κ1) is 55.1. The highest BCUT2D eigenvalue weighted by atomic mass is 16.5.